The van der Waals surface area contributed by atoms with Crippen LogP contribution in [0.2, 0.25) is 0 Å². The Hall–Kier alpha value is -3.22. The molecule has 28 heavy (non-hydrogen) atoms. The number of carbonyl (C=O) groups is 3. The molecule has 4 amide bonds. The normalized spacial score (nSPS) is 22.8. The van der Waals surface area contributed by atoms with E-state index in [9.17, 15) is 18.8 Å². The predicted octanol–water partition coefficient (Wildman–Crippen LogP) is 2.94. The van der Waals surface area contributed by atoms with Crippen molar-refractivity contribution in [2.75, 3.05) is 5.32 Å². The van der Waals surface area contributed by atoms with Gasteiger partial charge in [0.2, 0.25) is 5.91 Å². The first-order valence-electron chi connectivity index (χ1n) is 9.15. The molecule has 1 aliphatic carbocycles. The maximum atomic E-state index is 13.3. The van der Waals surface area contributed by atoms with Crippen LogP contribution in [0.1, 0.15) is 37.3 Å². The first kappa shape index (κ1) is 18.2. The number of halogens is 1. The van der Waals surface area contributed by atoms with Crippen LogP contribution in [-0.4, -0.2) is 17.8 Å². The molecule has 2 fully saturated rings. The maximum Gasteiger partial charge on any atom is 0.322 e. The van der Waals surface area contributed by atoms with Gasteiger partial charge in [-0.25, -0.2) is 9.18 Å². The molecule has 3 N–H and O–H groups in total. The van der Waals surface area contributed by atoms with Gasteiger partial charge in [-0.1, -0.05) is 30.7 Å². The third-order valence-electron chi connectivity index (χ3n) is 5.78. The lowest BCUT2D eigenvalue weighted by molar-refractivity contribution is -0.124. The van der Waals surface area contributed by atoms with Crippen molar-refractivity contribution in [1.29, 1.82) is 0 Å². The fraction of sp³-hybridized carbons (Fsp3) is 0.286. The summed E-state index contributed by atoms with van der Waals surface area (Å²) in [6.07, 6.45) is 2.32. The summed E-state index contributed by atoms with van der Waals surface area (Å²) in [6.45, 7) is 1.61. The number of hydrogen-bond donors (Lipinski definition) is 3. The van der Waals surface area contributed by atoms with Crippen LogP contribution in [-0.2, 0) is 20.5 Å². The zero-order valence-corrected chi connectivity index (χ0v) is 15.3. The molecule has 1 heterocycles. The van der Waals surface area contributed by atoms with E-state index in [0.717, 1.165) is 12.0 Å². The van der Waals surface area contributed by atoms with E-state index in [1.165, 1.54) is 12.1 Å². The predicted molar refractivity (Wildman–Crippen MR) is 101 cm³/mol. The minimum atomic E-state index is -1.19. The van der Waals surface area contributed by atoms with Crippen molar-refractivity contribution in [2.24, 2.45) is 0 Å². The van der Waals surface area contributed by atoms with Crippen LogP contribution < -0.4 is 16.0 Å². The summed E-state index contributed by atoms with van der Waals surface area (Å²) in [4.78, 5) is 36.8. The summed E-state index contributed by atoms with van der Waals surface area (Å²) in [5.74, 6) is -0.938. The van der Waals surface area contributed by atoms with E-state index in [1.54, 1.807) is 43.3 Å². The molecular formula is C21H20FN3O3. The second kappa shape index (κ2) is 6.44. The number of benzene rings is 2. The molecule has 1 saturated heterocycles. The number of amides is 4. The number of imide groups is 1. The van der Waals surface area contributed by atoms with Crippen LogP contribution in [0.3, 0.4) is 0 Å². The highest BCUT2D eigenvalue weighted by Gasteiger charge is 2.46. The first-order chi connectivity index (χ1) is 13.3. The highest BCUT2D eigenvalue weighted by atomic mass is 19.1. The monoisotopic (exact) mass is 381 g/mol. The lowest BCUT2D eigenvalue weighted by Gasteiger charge is -2.40. The molecule has 0 bridgehead atoms. The zero-order chi connectivity index (χ0) is 19.9. The van der Waals surface area contributed by atoms with Crippen LogP contribution in [0.15, 0.2) is 48.5 Å². The second-order valence-corrected chi connectivity index (χ2v) is 7.51. The molecule has 144 valence electrons. The van der Waals surface area contributed by atoms with Crippen LogP contribution in [0.4, 0.5) is 14.9 Å². The molecular weight excluding hydrogens is 361 g/mol. The van der Waals surface area contributed by atoms with Crippen LogP contribution in [0.5, 0.6) is 0 Å². The SMILES string of the molecule is CC1(c2cccc(NC(=O)C3(c4ccc(F)cc4)CCC3)c2)NC(=O)NC1=O. The minimum absolute atomic E-state index is 0.160. The number of hydrogen-bond acceptors (Lipinski definition) is 3. The van der Waals surface area contributed by atoms with Gasteiger partial charge in [0.15, 0.2) is 0 Å². The third kappa shape index (κ3) is 2.83. The van der Waals surface area contributed by atoms with E-state index >= 15 is 0 Å². The van der Waals surface area contributed by atoms with Crippen molar-refractivity contribution in [2.45, 2.75) is 37.1 Å². The summed E-state index contributed by atoms with van der Waals surface area (Å²) in [7, 11) is 0. The second-order valence-electron chi connectivity index (χ2n) is 7.51. The van der Waals surface area contributed by atoms with E-state index in [2.05, 4.69) is 16.0 Å². The van der Waals surface area contributed by atoms with Gasteiger partial charge >= 0.3 is 6.03 Å². The molecule has 0 aromatic heterocycles. The van der Waals surface area contributed by atoms with E-state index in [1.807, 2.05) is 0 Å². The molecule has 1 unspecified atom stereocenters. The average Bonchev–Trinajstić information content (AvgIpc) is 2.89. The van der Waals surface area contributed by atoms with Crippen LogP contribution in [0, 0.1) is 5.82 Å². The molecule has 1 aliphatic heterocycles. The molecule has 0 spiro atoms. The number of anilines is 1. The fourth-order valence-corrected chi connectivity index (χ4v) is 3.85. The Morgan fingerprint density at radius 1 is 1.07 bits per heavy atom. The van der Waals surface area contributed by atoms with E-state index in [-0.39, 0.29) is 11.7 Å². The van der Waals surface area contributed by atoms with Crippen LogP contribution >= 0.6 is 0 Å². The van der Waals surface area contributed by atoms with Gasteiger partial charge in [0, 0.05) is 5.69 Å². The largest absolute Gasteiger partial charge is 0.325 e. The summed E-state index contributed by atoms with van der Waals surface area (Å²) in [5.41, 5.74) is 0.0301. The third-order valence-corrected chi connectivity index (χ3v) is 5.78. The fourth-order valence-electron chi connectivity index (χ4n) is 3.85. The highest BCUT2D eigenvalue weighted by molar-refractivity contribution is 6.07. The molecule has 6 nitrogen and oxygen atoms in total. The molecule has 0 radical (unpaired) electrons. The molecule has 2 aromatic rings. The zero-order valence-electron chi connectivity index (χ0n) is 15.3. The van der Waals surface area contributed by atoms with Crippen molar-refractivity contribution in [3.63, 3.8) is 0 Å². The smallest absolute Gasteiger partial charge is 0.322 e. The Morgan fingerprint density at radius 3 is 2.36 bits per heavy atom. The Bertz CT molecular complexity index is 969. The Balaban J connectivity index is 1.59. The van der Waals surface area contributed by atoms with Crippen molar-refractivity contribution < 1.29 is 18.8 Å². The lowest BCUT2D eigenvalue weighted by Crippen LogP contribution is -2.46. The number of urea groups is 1. The van der Waals surface area contributed by atoms with Gasteiger partial charge in [-0.05, 0) is 55.2 Å². The topological polar surface area (TPSA) is 87.3 Å². The standard InChI is InChI=1S/C21H20FN3O3/c1-20(17(26)24-19(28)25-20)14-4-2-5-16(12-14)23-18(27)21(10-3-11-21)13-6-8-15(22)9-7-13/h2,4-9,12H,3,10-11H2,1H3,(H,23,27)(H2,24,25,26,28). The Kier molecular flexibility index (Phi) is 4.18. The summed E-state index contributed by atoms with van der Waals surface area (Å²) in [6, 6.07) is 12.4. The lowest BCUT2D eigenvalue weighted by atomic mass is 9.64. The van der Waals surface area contributed by atoms with Crippen molar-refractivity contribution >= 4 is 23.5 Å². The van der Waals surface area contributed by atoms with Crippen molar-refractivity contribution in [1.82, 2.24) is 10.6 Å². The highest BCUT2D eigenvalue weighted by Crippen LogP contribution is 2.44. The van der Waals surface area contributed by atoms with Gasteiger partial charge in [0.05, 0.1) is 5.41 Å². The van der Waals surface area contributed by atoms with Crippen molar-refractivity contribution in [3.8, 4) is 0 Å². The number of carbonyl (C=O) groups excluding carboxylic acids is 3. The van der Waals surface area contributed by atoms with E-state index in [4.69, 9.17) is 0 Å². The van der Waals surface area contributed by atoms with Crippen molar-refractivity contribution in [3.05, 3.63) is 65.5 Å². The molecule has 2 aromatic carbocycles. The molecule has 1 atom stereocenters. The van der Waals surface area contributed by atoms with Gasteiger partial charge in [0.1, 0.15) is 11.4 Å². The molecule has 7 heteroatoms. The van der Waals surface area contributed by atoms with Crippen LogP contribution in [0.25, 0.3) is 0 Å². The Labute approximate surface area is 161 Å². The van der Waals surface area contributed by atoms with E-state index < -0.39 is 22.9 Å². The van der Waals surface area contributed by atoms with E-state index in [0.29, 0.717) is 24.1 Å². The molecule has 1 saturated carbocycles. The summed E-state index contributed by atoms with van der Waals surface area (Å²) in [5, 5.41) is 7.77. The van der Waals surface area contributed by atoms with Gasteiger partial charge in [0.25, 0.3) is 5.91 Å². The maximum absolute atomic E-state index is 13.3. The van der Waals surface area contributed by atoms with Gasteiger partial charge in [-0.2, -0.15) is 0 Å². The summed E-state index contributed by atoms with van der Waals surface area (Å²) < 4.78 is 13.3. The van der Waals surface area contributed by atoms with Gasteiger partial charge in [-0.3, -0.25) is 14.9 Å². The first-order valence-corrected chi connectivity index (χ1v) is 9.15. The molecule has 2 aliphatic rings. The Morgan fingerprint density at radius 2 is 1.79 bits per heavy atom. The number of rotatable bonds is 4. The molecule has 4 rings (SSSR count). The quantitative estimate of drug-likeness (QED) is 0.712. The number of nitrogens with one attached hydrogen (secondary N) is 3. The minimum Gasteiger partial charge on any atom is -0.325 e. The van der Waals surface area contributed by atoms with Gasteiger partial charge < -0.3 is 10.6 Å². The van der Waals surface area contributed by atoms with Gasteiger partial charge in [-0.15, -0.1) is 0 Å². The summed E-state index contributed by atoms with van der Waals surface area (Å²) >= 11 is 0. The average molecular weight is 381 g/mol.